The van der Waals surface area contributed by atoms with Crippen molar-refractivity contribution in [2.24, 2.45) is 0 Å². The number of nitrogens with one attached hydrogen (secondary N) is 1. The number of nitrogens with zero attached hydrogens (tertiary/aromatic N) is 1. The van der Waals surface area contributed by atoms with Crippen molar-refractivity contribution in [3.8, 4) is 5.75 Å². The first-order chi connectivity index (χ1) is 12.0. The average Bonchev–Trinajstić information content (AvgIpc) is 2.93. The Morgan fingerprint density at radius 2 is 2.16 bits per heavy atom. The van der Waals surface area contributed by atoms with Crippen molar-refractivity contribution in [1.29, 1.82) is 0 Å². The smallest absolute Gasteiger partial charge is 0.454 e. The Kier molecular flexibility index (Phi) is 5.48. The first kappa shape index (κ1) is 17.6. The van der Waals surface area contributed by atoms with E-state index in [1.54, 1.807) is 6.92 Å². The minimum absolute atomic E-state index is 0.00504. The molecular weight excluding hydrogens is 320 g/mol. The van der Waals surface area contributed by atoms with Crippen LogP contribution in [0.3, 0.4) is 0 Å². The largest absolute Gasteiger partial charge is 0.511 e. The molecule has 136 valence electrons. The molecule has 1 saturated carbocycles. The summed E-state index contributed by atoms with van der Waals surface area (Å²) in [7, 11) is 4.10. The molecule has 0 amide bonds. The van der Waals surface area contributed by atoms with Gasteiger partial charge in [0.05, 0.1) is 0 Å². The molecule has 1 aliphatic carbocycles. The number of ether oxygens (including phenoxy) is 3. The summed E-state index contributed by atoms with van der Waals surface area (Å²) in [4.78, 5) is 17.2. The summed E-state index contributed by atoms with van der Waals surface area (Å²) in [6.07, 6.45) is 4.50. The highest BCUT2D eigenvalue weighted by Crippen LogP contribution is 2.30. The van der Waals surface area contributed by atoms with Gasteiger partial charge in [0.1, 0.15) is 11.9 Å². The number of hydrogen-bond acceptors (Lipinski definition) is 5. The number of carbonyl (C=O) groups is 1. The van der Waals surface area contributed by atoms with E-state index in [1.807, 2.05) is 24.4 Å². The van der Waals surface area contributed by atoms with Gasteiger partial charge >= 0.3 is 6.16 Å². The lowest BCUT2D eigenvalue weighted by Crippen LogP contribution is -2.29. The van der Waals surface area contributed by atoms with Gasteiger partial charge < -0.3 is 24.1 Å². The molecule has 1 atom stereocenters. The van der Waals surface area contributed by atoms with Gasteiger partial charge in [-0.1, -0.05) is 6.07 Å². The average molecular weight is 346 g/mol. The molecule has 2 aromatic rings. The van der Waals surface area contributed by atoms with Crippen LogP contribution in [0, 0.1) is 0 Å². The second-order valence-corrected chi connectivity index (χ2v) is 6.77. The number of likely N-dealkylation sites (N-methyl/N-ethyl adjacent to an activating group) is 1. The Morgan fingerprint density at radius 3 is 2.84 bits per heavy atom. The van der Waals surface area contributed by atoms with Gasteiger partial charge in [0.25, 0.3) is 0 Å². The molecule has 1 fully saturated rings. The number of rotatable bonds is 7. The molecule has 1 unspecified atom stereocenters. The molecular formula is C19H26N2O4. The van der Waals surface area contributed by atoms with E-state index in [2.05, 4.69) is 24.0 Å². The minimum atomic E-state index is -0.713. The van der Waals surface area contributed by atoms with Gasteiger partial charge in [-0.15, -0.1) is 0 Å². The van der Waals surface area contributed by atoms with E-state index < -0.39 is 12.4 Å². The third kappa shape index (κ3) is 4.45. The van der Waals surface area contributed by atoms with Crippen molar-refractivity contribution < 1.29 is 19.0 Å². The molecule has 3 rings (SSSR count). The molecule has 0 bridgehead atoms. The van der Waals surface area contributed by atoms with Gasteiger partial charge in [0, 0.05) is 30.6 Å². The monoisotopic (exact) mass is 346 g/mol. The lowest BCUT2D eigenvalue weighted by Gasteiger charge is -2.25. The van der Waals surface area contributed by atoms with Crippen LogP contribution >= 0.6 is 0 Å². The topological polar surface area (TPSA) is 63.8 Å². The molecule has 6 heteroatoms. The van der Waals surface area contributed by atoms with Gasteiger partial charge in [0.15, 0.2) is 0 Å². The van der Waals surface area contributed by atoms with Crippen LogP contribution in [0.1, 0.15) is 31.7 Å². The summed E-state index contributed by atoms with van der Waals surface area (Å²) in [6.45, 7) is 2.65. The van der Waals surface area contributed by atoms with Crippen molar-refractivity contribution in [2.75, 3.05) is 20.6 Å². The highest BCUT2D eigenvalue weighted by Gasteiger charge is 2.24. The van der Waals surface area contributed by atoms with Crippen LogP contribution in [0.4, 0.5) is 4.79 Å². The Hall–Kier alpha value is -2.21. The Bertz CT molecular complexity index is 721. The minimum Gasteiger partial charge on any atom is -0.454 e. The van der Waals surface area contributed by atoms with Crippen LogP contribution in [0.5, 0.6) is 5.75 Å². The van der Waals surface area contributed by atoms with E-state index in [4.69, 9.17) is 14.2 Å². The van der Waals surface area contributed by atoms with E-state index in [0.717, 1.165) is 43.1 Å². The quantitative estimate of drug-likeness (QED) is 0.612. The van der Waals surface area contributed by atoms with Gasteiger partial charge in [-0.2, -0.15) is 0 Å². The Morgan fingerprint density at radius 1 is 1.36 bits per heavy atom. The van der Waals surface area contributed by atoms with Gasteiger partial charge in [0.2, 0.25) is 6.29 Å². The fraction of sp³-hybridized carbons (Fsp3) is 0.526. The third-order valence-corrected chi connectivity index (χ3v) is 4.45. The lowest BCUT2D eigenvalue weighted by atomic mass is 9.96. The van der Waals surface area contributed by atoms with E-state index in [0.29, 0.717) is 5.75 Å². The van der Waals surface area contributed by atoms with Crippen molar-refractivity contribution in [1.82, 2.24) is 9.88 Å². The molecule has 25 heavy (non-hydrogen) atoms. The lowest BCUT2D eigenvalue weighted by molar-refractivity contribution is -0.0737. The fourth-order valence-electron chi connectivity index (χ4n) is 2.85. The van der Waals surface area contributed by atoms with Crippen LogP contribution in [-0.4, -0.2) is 49.1 Å². The van der Waals surface area contributed by atoms with Crippen molar-refractivity contribution in [3.63, 3.8) is 0 Å². The summed E-state index contributed by atoms with van der Waals surface area (Å²) in [5.74, 6) is 0.705. The Labute approximate surface area is 148 Å². The normalized spacial score (nSPS) is 15.8. The zero-order valence-electron chi connectivity index (χ0n) is 15.1. The first-order valence-electron chi connectivity index (χ1n) is 8.80. The maximum absolute atomic E-state index is 11.8. The summed E-state index contributed by atoms with van der Waals surface area (Å²) in [5.41, 5.74) is 2.19. The number of benzene rings is 1. The van der Waals surface area contributed by atoms with E-state index in [-0.39, 0.29) is 6.10 Å². The molecule has 6 nitrogen and oxygen atoms in total. The van der Waals surface area contributed by atoms with E-state index in [1.165, 1.54) is 5.56 Å². The number of aromatic amines is 1. The third-order valence-electron chi connectivity index (χ3n) is 4.45. The molecule has 0 spiro atoms. The summed E-state index contributed by atoms with van der Waals surface area (Å²) < 4.78 is 16.3. The molecule has 1 aromatic heterocycles. The highest BCUT2D eigenvalue weighted by atomic mass is 16.8. The zero-order chi connectivity index (χ0) is 17.8. The van der Waals surface area contributed by atoms with Gasteiger partial charge in [-0.25, -0.2) is 4.79 Å². The maximum atomic E-state index is 11.8. The van der Waals surface area contributed by atoms with Crippen LogP contribution in [0.25, 0.3) is 10.9 Å². The standard InChI is InChI=1S/C19H26N2O4/c1-13(24-19(22)25-15-6-4-7-15)23-17-9-5-8-16-18(17)14(12-20-16)10-11-21(2)3/h5,8-9,12-13,15,20H,4,6-7,10-11H2,1-3H3. The second kappa shape index (κ2) is 7.78. The number of aromatic nitrogens is 1. The number of H-pyrrole nitrogens is 1. The molecule has 1 aliphatic rings. The van der Waals surface area contributed by atoms with Crippen LogP contribution in [0.2, 0.25) is 0 Å². The SMILES string of the molecule is CC(OC(=O)OC1CCC1)Oc1cccc2[nH]cc(CCN(C)C)c12. The highest BCUT2D eigenvalue weighted by molar-refractivity contribution is 5.89. The van der Waals surface area contributed by atoms with Crippen LogP contribution in [0.15, 0.2) is 24.4 Å². The molecule has 1 aromatic carbocycles. The predicted molar refractivity (Wildman–Crippen MR) is 95.9 cm³/mol. The summed E-state index contributed by atoms with van der Waals surface area (Å²) in [5, 5.41) is 1.03. The molecule has 0 saturated heterocycles. The Balaban J connectivity index is 1.67. The maximum Gasteiger partial charge on any atom is 0.511 e. The van der Waals surface area contributed by atoms with Gasteiger partial charge in [-0.05, 0) is 57.5 Å². The number of hydrogen-bond donors (Lipinski definition) is 1. The van der Waals surface area contributed by atoms with Crippen molar-refractivity contribution in [2.45, 2.75) is 45.0 Å². The predicted octanol–water partition coefficient (Wildman–Crippen LogP) is 3.70. The van der Waals surface area contributed by atoms with Crippen LogP contribution in [-0.2, 0) is 15.9 Å². The van der Waals surface area contributed by atoms with E-state index in [9.17, 15) is 4.79 Å². The van der Waals surface area contributed by atoms with Crippen molar-refractivity contribution >= 4 is 17.1 Å². The summed E-state index contributed by atoms with van der Waals surface area (Å²) in [6, 6.07) is 5.83. The summed E-state index contributed by atoms with van der Waals surface area (Å²) >= 11 is 0. The molecule has 0 aliphatic heterocycles. The van der Waals surface area contributed by atoms with Crippen LogP contribution < -0.4 is 4.74 Å². The first-order valence-corrected chi connectivity index (χ1v) is 8.80. The molecule has 1 heterocycles. The van der Waals surface area contributed by atoms with Gasteiger partial charge in [-0.3, -0.25) is 0 Å². The second-order valence-electron chi connectivity index (χ2n) is 6.77. The zero-order valence-corrected chi connectivity index (χ0v) is 15.1. The molecule has 1 N–H and O–H groups in total. The number of carbonyl (C=O) groups excluding carboxylic acids is 1. The fourth-order valence-corrected chi connectivity index (χ4v) is 2.85. The molecule has 0 radical (unpaired) electrons. The van der Waals surface area contributed by atoms with Crippen molar-refractivity contribution in [3.05, 3.63) is 30.0 Å². The number of fused-ring (bicyclic) bond motifs is 1. The van der Waals surface area contributed by atoms with E-state index >= 15 is 0 Å².